The van der Waals surface area contributed by atoms with Crippen LogP contribution in [0.3, 0.4) is 0 Å². The minimum atomic E-state index is -3.72. The molecular formula is C15H12F2O3. The van der Waals surface area contributed by atoms with E-state index in [4.69, 9.17) is 4.74 Å². The number of carbonyl (C=O) groups excluding carboxylic acids is 1. The molecule has 2 aromatic carbocycles. The summed E-state index contributed by atoms with van der Waals surface area (Å²) in [5.74, 6) is -5.03. The van der Waals surface area contributed by atoms with Gasteiger partial charge in [-0.15, -0.1) is 0 Å². The van der Waals surface area contributed by atoms with Gasteiger partial charge in [0.25, 0.3) is 0 Å². The molecule has 0 N–H and O–H groups in total. The fourth-order valence-corrected chi connectivity index (χ4v) is 1.42. The number of para-hydroxylation sites is 2. The van der Waals surface area contributed by atoms with Gasteiger partial charge in [0.15, 0.2) is 6.61 Å². The molecule has 0 saturated carbocycles. The van der Waals surface area contributed by atoms with E-state index >= 15 is 0 Å². The number of halogens is 2. The zero-order valence-electron chi connectivity index (χ0n) is 10.5. The lowest BCUT2D eigenvalue weighted by atomic mass is 10.3. The molecule has 0 spiro atoms. The average Bonchev–Trinajstić information content (AvgIpc) is 2.47. The van der Waals surface area contributed by atoms with E-state index in [0.29, 0.717) is 0 Å². The van der Waals surface area contributed by atoms with Gasteiger partial charge in [-0.05, 0) is 24.3 Å². The highest BCUT2D eigenvalue weighted by molar-refractivity contribution is 5.80. The maximum absolute atomic E-state index is 13.6. The SMILES string of the molecule is O=C(Oc1ccccc1)C(F)(F)COc1ccccc1. The van der Waals surface area contributed by atoms with Gasteiger partial charge in [0.2, 0.25) is 0 Å². The average molecular weight is 278 g/mol. The Morgan fingerprint density at radius 2 is 1.40 bits per heavy atom. The van der Waals surface area contributed by atoms with Gasteiger partial charge in [-0.25, -0.2) is 4.79 Å². The number of rotatable bonds is 5. The second-order valence-corrected chi connectivity index (χ2v) is 4.01. The van der Waals surface area contributed by atoms with E-state index in [9.17, 15) is 13.6 Å². The third-order valence-corrected chi connectivity index (χ3v) is 2.42. The van der Waals surface area contributed by atoms with E-state index in [0.717, 1.165) is 0 Å². The van der Waals surface area contributed by atoms with Crippen molar-refractivity contribution < 1.29 is 23.0 Å². The first-order chi connectivity index (χ1) is 9.58. The Hall–Kier alpha value is -2.43. The summed E-state index contributed by atoms with van der Waals surface area (Å²) in [6.45, 7) is -1.07. The lowest BCUT2D eigenvalue weighted by Gasteiger charge is -2.15. The van der Waals surface area contributed by atoms with Crippen LogP contribution in [0.25, 0.3) is 0 Å². The lowest BCUT2D eigenvalue weighted by molar-refractivity contribution is -0.165. The van der Waals surface area contributed by atoms with Crippen molar-refractivity contribution in [2.45, 2.75) is 5.92 Å². The molecule has 0 aliphatic carbocycles. The molecule has 2 aromatic rings. The van der Waals surface area contributed by atoms with E-state index < -0.39 is 18.5 Å². The Labute approximate surface area is 114 Å². The molecular weight excluding hydrogens is 266 g/mol. The second-order valence-electron chi connectivity index (χ2n) is 4.01. The summed E-state index contributed by atoms with van der Waals surface area (Å²) in [5, 5.41) is 0. The molecule has 0 unspecified atom stereocenters. The molecule has 0 amide bonds. The van der Waals surface area contributed by atoms with E-state index in [1.54, 1.807) is 36.4 Å². The van der Waals surface area contributed by atoms with Gasteiger partial charge in [-0.2, -0.15) is 8.78 Å². The van der Waals surface area contributed by atoms with Crippen LogP contribution in [0, 0.1) is 0 Å². The van der Waals surface area contributed by atoms with Crippen LogP contribution in [0.1, 0.15) is 0 Å². The Bertz CT molecular complexity index is 556. The largest absolute Gasteiger partial charge is 0.487 e. The van der Waals surface area contributed by atoms with Crippen molar-refractivity contribution in [1.29, 1.82) is 0 Å². The molecule has 0 fully saturated rings. The first kappa shape index (κ1) is 14.0. The summed E-state index contributed by atoms with van der Waals surface area (Å²) in [5.41, 5.74) is 0. The first-order valence-corrected chi connectivity index (χ1v) is 5.91. The third kappa shape index (κ3) is 3.78. The van der Waals surface area contributed by atoms with Gasteiger partial charge in [-0.3, -0.25) is 0 Å². The maximum Gasteiger partial charge on any atom is 0.386 e. The van der Waals surface area contributed by atoms with Crippen molar-refractivity contribution in [3.05, 3.63) is 60.7 Å². The monoisotopic (exact) mass is 278 g/mol. The van der Waals surface area contributed by atoms with Gasteiger partial charge in [0.1, 0.15) is 11.5 Å². The lowest BCUT2D eigenvalue weighted by Crippen LogP contribution is -2.38. The molecule has 0 heterocycles. The van der Waals surface area contributed by atoms with Crippen molar-refractivity contribution in [3.8, 4) is 11.5 Å². The predicted molar refractivity (Wildman–Crippen MR) is 69.0 cm³/mol. The van der Waals surface area contributed by atoms with Gasteiger partial charge in [0, 0.05) is 0 Å². The van der Waals surface area contributed by atoms with E-state index in [1.165, 1.54) is 24.3 Å². The molecule has 0 bridgehead atoms. The molecule has 3 nitrogen and oxygen atoms in total. The van der Waals surface area contributed by atoms with E-state index in [2.05, 4.69) is 4.74 Å². The van der Waals surface area contributed by atoms with Crippen LogP contribution >= 0.6 is 0 Å². The van der Waals surface area contributed by atoms with Crippen LogP contribution < -0.4 is 9.47 Å². The van der Waals surface area contributed by atoms with Gasteiger partial charge in [0.05, 0.1) is 0 Å². The van der Waals surface area contributed by atoms with Crippen molar-refractivity contribution >= 4 is 5.97 Å². The number of carbonyl (C=O) groups is 1. The van der Waals surface area contributed by atoms with Crippen LogP contribution in [-0.2, 0) is 4.79 Å². The minimum Gasteiger partial charge on any atom is -0.487 e. The quantitative estimate of drug-likeness (QED) is 0.622. The normalized spacial score (nSPS) is 10.9. The Morgan fingerprint density at radius 1 is 0.900 bits per heavy atom. The fraction of sp³-hybridized carbons (Fsp3) is 0.133. The van der Waals surface area contributed by atoms with E-state index in [1.807, 2.05) is 0 Å². The highest BCUT2D eigenvalue weighted by Crippen LogP contribution is 2.20. The number of hydrogen-bond donors (Lipinski definition) is 0. The molecule has 104 valence electrons. The van der Waals surface area contributed by atoms with Gasteiger partial charge < -0.3 is 9.47 Å². The summed E-state index contributed by atoms with van der Waals surface area (Å²) in [6.07, 6.45) is 0. The van der Waals surface area contributed by atoms with Gasteiger partial charge >= 0.3 is 11.9 Å². The number of benzene rings is 2. The minimum absolute atomic E-state index is 0.0666. The first-order valence-electron chi connectivity index (χ1n) is 5.91. The van der Waals surface area contributed by atoms with Crippen LogP contribution in [0.5, 0.6) is 11.5 Å². The molecule has 0 atom stereocenters. The van der Waals surface area contributed by atoms with Crippen molar-refractivity contribution in [2.24, 2.45) is 0 Å². The fourth-order valence-electron chi connectivity index (χ4n) is 1.42. The smallest absolute Gasteiger partial charge is 0.386 e. The third-order valence-electron chi connectivity index (χ3n) is 2.42. The molecule has 5 heteroatoms. The summed E-state index contributed by atoms with van der Waals surface area (Å²) in [4.78, 5) is 11.4. The predicted octanol–water partition coefficient (Wildman–Crippen LogP) is 3.31. The highest BCUT2D eigenvalue weighted by atomic mass is 19.3. The highest BCUT2D eigenvalue weighted by Gasteiger charge is 2.42. The van der Waals surface area contributed by atoms with Gasteiger partial charge in [-0.1, -0.05) is 36.4 Å². The number of hydrogen-bond acceptors (Lipinski definition) is 3. The number of ether oxygens (including phenoxy) is 2. The zero-order chi connectivity index (χ0) is 14.4. The summed E-state index contributed by atoms with van der Waals surface area (Å²) >= 11 is 0. The van der Waals surface area contributed by atoms with Crippen LogP contribution in [0.4, 0.5) is 8.78 Å². The Morgan fingerprint density at radius 3 is 1.95 bits per heavy atom. The van der Waals surface area contributed by atoms with Crippen molar-refractivity contribution in [1.82, 2.24) is 0 Å². The molecule has 0 radical (unpaired) electrons. The molecule has 20 heavy (non-hydrogen) atoms. The van der Waals surface area contributed by atoms with Crippen molar-refractivity contribution in [2.75, 3.05) is 6.61 Å². The molecule has 2 rings (SSSR count). The molecule has 0 saturated heterocycles. The Balaban J connectivity index is 1.94. The standard InChI is InChI=1S/C15H12F2O3/c16-15(17,11-19-12-7-3-1-4-8-12)14(18)20-13-9-5-2-6-10-13/h1-10H,11H2. The molecule has 0 aromatic heterocycles. The summed E-state index contributed by atoms with van der Waals surface area (Å²) < 4.78 is 36.7. The van der Waals surface area contributed by atoms with Crippen LogP contribution in [-0.4, -0.2) is 18.5 Å². The summed E-state index contributed by atoms with van der Waals surface area (Å²) in [6, 6.07) is 15.8. The molecule has 0 aliphatic rings. The maximum atomic E-state index is 13.6. The zero-order valence-corrected chi connectivity index (χ0v) is 10.5. The van der Waals surface area contributed by atoms with Crippen molar-refractivity contribution in [3.63, 3.8) is 0 Å². The molecule has 0 aliphatic heterocycles. The van der Waals surface area contributed by atoms with Crippen LogP contribution in [0.2, 0.25) is 0 Å². The van der Waals surface area contributed by atoms with Crippen LogP contribution in [0.15, 0.2) is 60.7 Å². The number of alkyl halides is 2. The topological polar surface area (TPSA) is 35.5 Å². The number of esters is 1. The second kappa shape index (κ2) is 6.14. The summed E-state index contributed by atoms with van der Waals surface area (Å²) in [7, 11) is 0. The Kier molecular flexibility index (Phi) is 4.30. The van der Waals surface area contributed by atoms with E-state index in [-0.39, 0.29) is 11.5 Å².